The normalized spacial score (nSPS) is 14.7. The van der Waals surface area contributed by atoms with Crippen LogP contribution in [0.5, 0.6) is 0 Å². The van der Waals surface area contributed by atoms with Crippen molar-refractivity contribution in [2.45, 2.75) is 0 Å². The molecular formula is C14H14Cl2N6O. The van der Waals surface area contributed by atoms with Crippen LogP contribution < -0.4 is 10.2 Å². The van der Waals surface area contributed by atoms with Gasteiger partial charge in [-0.2, -0.15) is 10.1 Å². The van der Waals surface area contributed by atoms with Crippen molar-refractivity contribution in [3.63, 3.8) is 0 Å². The molecule has 2 heterocycles. The SMILES string of the molecule is O=CN1CCN(c2cnnc(Nc3c(Cl)cccc3Cl)n2)CC1. The molecular weight excluding hydrogens is 339 g/mol. The molecule has 0 radical (unpaired) electrons. The van der Waals surface area contributed by atoms with Gasteiger partial charge in [-0.25, -0.2) is 0 Å². The van der Waals surface area contributed by atoms with Crippen molar-refractivity contribution in [2.75, 3.05) is 36.4 Å². The zero-order chi connectivity index (χ0) is 16.2. The zero-order valence-electron chi connectivity index (χ0n) is 12.1. The summed E-state index contributed by atoms with van der Waals surface area (Å²) in [5.41, 5.74) is 0.542. The number of nitrogens with one attached hydrogen (secondary N) is 1. The smallest absolute Gasteiger partial charge is 0.249 e. The molecule has 7 nitrogen and oxygen atoms in total. The summed E-state index contributed by atoms with van der Waals surface area (Å²) in [6, 6.07) is 5.22. The molecule has 1 amide bonds. The van der Waals surface area contributed by atoms with Crippen molar-refractivity contribution in [3.8, 4) is 0 Å². The van der Waals surface area contributed by atoms with Gasteiger partial charge in [0, 0.05) is 26.2 Å². The molecule has 0 saturated carbocycles. The molecule has 2 aromatic rings. The Labute approximate surface area is 143 Å². The number of hydrogen-bond acceptors (Lipinski definition) is 6. The lowest BCUT2D eigenvalue weighted by molar-refractivity contribution is -0.118. The van der Waals surface area contributed by atoms with Crippen LogP contribution in [0.15, 0.2) is 24.4 Å². The quantitative estimate of drug-likeness (QED) is 0.850. The van der Waals surface area contributed by atoms with Crippen LogP contribution in [0.3, 0.4) is 0 Å². The highest BCUT2D eigenvalue weighted by Crippen LogP contribution is 2.31. The standard InChI is InChI=1S/C14H14Cl2N6O/c15-10-2-1-3-11(16)13(10)19-14-18-12(8-17-20-14)22-6-4-21(9-23)5-7-22/h1-3,8-9H,4-7H2,(H,18,19,20). The first kappa shape index (κ1) is 15.8. The summed E-state index contributed by atoms with van der Waals surface area (Å²) in [6.45, 7) is 2.71. The highest BCUT2D eigenvalue weighted by atomic mass is 35.5. The molecule has 1 saturated heterocycles. The number of halogens is 2. The molecule has 0 spiro atoms. The van der Waals surface area contributed by atoms with Crippen LogP contribution in [0.1, 0.15) is 0 Å². The van der Waals surface area contributed by atoms with E-state index in [9.17, 15) is 4.79 Å². The highest BCUT2D eigenvalue weighted by molar-refractivity contribution is 6.39. The van der Waals surface area contributed by atoms with Gasteiger partial charge in [0.2, 0.25) is 12.4 Å². The minimum atomic E-state index is 0.315. The number of aromatic nitrogens is 3. The highest BCUT2D eigenvalue weighted by Gasteiger charge is 2.18. The van der Waals surface area contributed by atoms with Gasteiger partial charge in [-0.1, -0.05) is 29.3 Å². The van der Waals surface area contributed by atoms with E-state index in [0.717, 1.165) is 6.41 Å². The summed E-state index contributed by atoms with van der Waals surface area (Å²) in [7, 11) is 0. The molecule has 1 aliphatic heterocycles. The maximum Gasteiger partial charge on any atom is 0.249 e. The summed E-state index contributed by atoms with van der Waals surface area (Å²) in [6.07, 6.45) is 2.46. The van der Waals surface area contributed by atoms with E-state index >= 15 is 0 Å². The molecule has 0 aliphatic carbocycles. The van der Waals surface area contributed by atoms with Gasteiger partial charge in [0.15, 0.2) is 5.82 Å². The van der Waals surface area contributed by atoms with Gasteiger partial charge < -0.3 is 15.1 Å². The van der Waals surface area contributed by atoms with Crippen molar-refractivity contribution in [2.24, 2.45) is 0 Å². The Morgan fingerprint density at radius 3 is 2.48 bits per heavy atom. The lowest BCUT2D eigenvalue weighted by atomic mass is 10.3. The summed E-state index contributed by atoms with van der Waals surface area (Å²) in [5, 5.41) is 11.9. The van der Waals surface area contributed by atoms with E-state index in [4.69, 9.17) is 23.2 Å². The molecule has 120 valence electrons. The molecule has 1 aromatic carbocycles. The third-order valence-electron chi connectivity index (χ3n) is 3.53. The number of carbonyl (C=O) groups excluding carboxylic acids is 1. The Bertz CT molecular complexity index is 685. The summed E-state index contributed by atoms with van der Waals surface area (Å²) in [5.74, 6) is 1.01. The summed E-state index contributed by atoms with van der Waals surface area (Å²) in [4.78, 5) is 19.0. The molecule has 0 bridgehead atoms. The van der Waals surface area contributed by atoms with Crippen molar-refractivity contribution >= 4 is 47.1 Å². The van der Waals surface area contributed by atoms with Crippen LogP contribution in [-0.4, -0.2) is 52.7 Å². The molecule has 0 unspecified atom stereocenters. The third-order valence-corrected chi connectivity index (χ3v) is 4.16. The number of anilines is 3. The molecule has 3 rings (SSSR count). The predicted molar refractivity (Wildman–Crippen MR) is 89.4 cm³/mol. The van der Waals surface area contributed by atoms with Crippen LogP contribution in [0.25, 0.3) is 0 Å². The van der Waals surface area contributed by atoms with Gasteiger partial charge in [0.05, 0.1) is 21.9 Å². The molecule has 23 heavy (non-hydrogen) atoms. The van der Waals surface area contributed by atoms with Crippen LogP contribution in [-0.2, 0) is 4.79 Å². The van der Waals surface area contributed by atoms with Gasteiger partial charge in [0.1, 0.15) is 0 Å². The molecule has 0 atom stereocenters. The van der Waals surface area contributed by atoms with Gasteiger partial charge in [-0.15, -0.1) is 5.10 Å². The van der Waals surface area contributed by atoms with Crippen molar-refractivity contribution in [1.82, 2.24) is 20.1 Å². The Balaban J connectivity index is 1.77. The van der Waals surface area contributed by atoms with E-state index in [0.29, 0.717) is 53.7 Å². The predicted octanol–water partition coefficient (Wildman–Crippen LogP) is 2.20. The number of benzene rings is 1. The summed E-state index contributed by atoms with van der Waals surface area (Å²) < 4.78 is 0. The lowest BCUT2D eigenvalue weighted by Gasteiger charge is -2.33. The van der Waals surface area contributed by atoms with Crippen molar-refractivity contribution < 1.29 is 4.79 Å². The van der Waals surface area contributed by atoms with E-state index < -0.39 is 0 Å². The van der Waals surface area contributed by atoms with E-state index in [1.807, 2.05) is 4.90 Å². The maximum absolute atomic E-state index is 10.8. The van der Waals surface area contributed by atoms with Crippen molar-refractivity contribution in [3.05, 3.63) is 34.4 Å². The van der Waals surface area contributed by atoms with Gasteiger partial charge in [-0.05, 0) is 12.1 Å². The number of rotatable bonds is 4. The fraction of sp³-hybridized carbons (Fsp3) is 0.286. The molecule has 1 aromatic heterocycles. The largest absolute Gasteiger partial charge is 0.352 e. The minimum absolute atomic E-state index is 0.315. The Morgan fingerprint density at radius 1 is 1.13 bits per heavy atom. The van der Waals surface area contributed by atoms with Gasteiger partial charge >= 0.3 is 0 Å². The number of para-hydroxylation sites is 1. The first-order valence-electron chi connectivity index (χ1n) is 7.02. The number of amides is 1. The summed E-state index contributed by atoms with van der Waals surface area (Å²) >= 11 is 12.3. The average Bonchev–Trinajstić information content (AvgIpc) is 2.59. The van der Waals surface area contributed by atoms with E-state index in [2.05, 4.69) is 20.5 Å². The van der Waals surface area contributed by atoms with Gasteiger partial charge in [-0.3, -0.25) is 4.79 Å². The Kier molecular flexibility index (Phi) is 4.78. The number of hydrogen-bond donors (Lipinski definition) is 1. The third kappa shape index (κ3) is 3.62. The minimum Gasteiger partial charge on any atom is -0.352 e. The lowest BCUT2D eigenvalue weighted by Crippen LogP contribution is -2.46. The van der Waals surface area contributed by atoms with Crippen LogP contribution in [0.2, 0.25) is 10.0 Å². The fourth-order valence-electron chi connectivity index (χ4n) is 2.29. The second-order valence-electron chi connectivity index (χ2n) is 4.99. The first-order chi connectivity index (χ1) is 11.2. The van der Waals surface area contributed by atoms with E-state index in [1.165, 1.54) is 0 Å². The topological polar surface area (TPSA) is 74.2 Å². The van der Waals surface area contributed by atoms with Crippen LogP contribution in [0, 0.1) is 0 Å². The molecule has 1 N–H and O–H groups in total. The second kappa shape index (κ2) is 6.97. The average molecular weight is 353 g/mol. The second-order valence-corrected chi connectivity index (χ2v) is 5.80. The van der Waals surface area contributed by atoms with E-state index in [1.54, 1.807) is 29.3 Å². The van der Waals surface area contributed by atoms with Crippen LogP contribution in [0.4, 0.5) is 17.5 Å². The fourth-order valence-corrected chi connectivity index (χ4v) is 2.78. The van der Waals surface area contributed by atoms with Crippen molar-refractivity contribution in [1.29, 1.82) is 0 Å². The monoisotopic (exact) mass is 352 g/mol. The van der Waals surface area contributed by atoms with Gasteiger partial charge in [0.25, 0.3) is 0 Å². The maximum atomic E-state index is 10.8. The van der Waals surface area contributed by atoms with Crippen LogP contribution >= 0.6 is 23.2 Å². The molecule has 9 heteroatoms. The first-order valence-corrected chi connectivity index (χ1v) is 7.78. The van der Waals surface area contributed by atoms with E-state index in [-0.39, 0.29) is 0 Å². The number of piperazine rings is 1. The number of nitrogens with zero attached hydrogens (tertiary/aromatic N) is 5. The molecule has 1 fully saturated rings. The number of carbonyl (C=O) groups is 1. The zero-order valence-corrected chi connectivity index (χ0v) is 13.6. The molecule has 1 aliphatic rings. The Hall–Kier alpha value is -2.12. The Morgan fingerprint density at radius 2 is 1.83 bits per heavy atom.